The van der Waals surface area contributed by atoms with Gasteiger partial charge in [0, 0.05) is 5.56 Å². The van der Waals surface area contributed by atoms with Crippen molar-refractivity contribution in [1.29, 1.82) is 0 Å². The quantitative estimate of drug-likeness (QED) is 0.904. The van der Waals surface area contributed by atoms with Crippen molar-refractivity contribution >= 4 is 28.3 Å². The molecule has 6 heteroatoms. The van der Waals surface area contributed by atoms with Crippen LogP contribution in [0.15, 0.2) is 24.3 Å². The van der Waals surface area contributed by atoms with Crippen LogP contribution in [-0.2, 0) is 5.41 Å². The Balaban J connectivity index is 2.16. The Morgan fingerprint density at radius 1 is 1.18 bits per heavy atom. The van der Waals surface area contributed by atoms with Crippen molar-refractivity contribution in [2.24, 2.45) is 0 Å². The number of hydrogen-bond acceptors (Lipinski definition) is 4. The number of thiazole rings is 1. The SMILES string of the molecule is Cc1nc(NC(=O)c2ccc(C(C)(C)C)cc2)sc1C(=O)O. The third-order valence-corrected chi connectivity index (χ3v) is 4.29. The summed E-state index contributed by atoms with van der Waals surface area (Å²) < 4.78 is 0. The topological polar surface area (TPSA) is 79.3 Å². The molecule has 0 atom stereocenters. The second kappa shape index (κ2) is 5.88. The Hall–Kier alpha value is -2.21. The molecule has 1 aromatic heterocycles. The van der Waals surface area contributed by atoms with Crippen LogP contribution in [-0.4, -0.2) is 22.0 Å². The minimum absolute atomic E-state index is 0.0256. The summed E-state index contributed by atoms with van der Waals surface area (Å²) in [5, 5.41) is 11.9. The number of benzene rings is 1. The van der Waals surface area contributed by atoms with Crippen LogP contribution in [0.5, 0.6) is 0 Å². The van der Waals surface area contributed by atoms with Crippen molar-refractivity contribution in [3.63, 3.8) is 0 Å². The summed E-state index contributed by atoms with van der Waals surface area (Å²) in [6.45, 7) is 7.92. The molecule has 22 heavy (non-hydrogen) atoms. The predicted molar refractivity (Wildman–Crippen MR) is 86.9 cm³/mol. The maximum absolute atomic E-state index is 12.2. The molecule has 0 unspecified atom stereocenters. The van der Waals surface area contributed by atoms with E-state index in [-0.39, 0.29) is 16.2 Å². The van der Waals surface area contributed by atoms with Gasteiger partial charge in [0.15, 0.2) is 5.13 Å². The van der Waals surface area contributed by atoms with Gasteiger partial charge in [0.25, 0.3) is 5.91 Å². The number of carboxylic acids is 1. The number of amides is 1. The van der Waals surface area contributed by atoms with E-state index in [9.17, 15) is 9.59 Å². The number of hydrogen-bond donors (Lipinski definition) is 2. The molecule has 5 nitrogen and oxygen atoms in total. The molecule has 1 aromatic carbocycles. The van der Waals surface area contributed by atoms with Crippen molar-refractivity contribution in [3.05, 3.63) is 46.0 Å². The summed E-state index contributed by atoms with van der Waals surface area (Å²) in [7, 11) is 0. The van der Waals surface area contributed by atoms with Crippen LogP contribution in [0.4, 0.5) is 5.13 Å². The van der Waals surface area contributed by atoms with Crippen LogP contribution in [0.3, 0.4) is 0 Å². The Labute approximate surface area is 133 Å². The smallest absolute Gasteiger partial charge is 0.347 e. The molecule has 0 bridgehead atoms. The first-order valence-electron chi connectivity index (χ1n) is 6.81. The van der Waals surface area contributed by atoms with E-state index in [0.29, 0.717) is 16.4 Å². The highest BCUT2D eigenvalue weighted by atomic mass is 32.1. The number of carboxylic acid groups (broad SMARTS) is 1. The number of nitrogens with zero attached hydrogens (tertiary/aromatic N) is 1. The van der Waals surface area contributed by atoms with Gasteiger partial charge < -0.3 is 5.11 Å². The molecule has 116 valence electrons. The lowest BCUT2D eigenvalue weighted by Crippen LogP contribution is -2.14. The van der Waals surface area contributed by atoms with Crippen LogP contribution >= 0.6 is 11.3 Å². The number of nitrogens with one attached hydrogen (secondary N) is 1. The van der Waals surface area contributed by atoms with Gasteiger partial charge in [-0.2, -0.15) is 0 Å². The average Bonchev–Trinajstić information content (AvgIpc) is 2.79. The zero-order valence-corrected chi connectivity index (χ0v) is 13.7. The Morgan fingerprint density at radius 3 is 2.23 bits per heavy atom. The van der Waals surface area contributed by atoms with Crippen molar-refractivity contribution in [1.82, 2.24) is 4.98 Å². The molecule has 2 rings (SSSR count). The van der Waals surface area contributed by atoms with Gasteiger partial charge in [0.1, 0.15) is 4.88 Å². The van der Waals surface area contributed by atoms with Crippen molar-refractivity contribution in [2.75, 3.05) is 5.32 Å². The number of aromatic nitrogens is 1. The average molecular weight is 318 g/mol. The first-order chi connectivity index (χ1) is 10.2. The van der Waals surface area contributed by atoms with E-state index in [1.54, 1.807) is 19.1 Å². The van der Waals surface area contributed by atoms with E-state index in [2.05, 4.69) is 31.1 Å². The lowest BCUT2D eigenvalue weighted by Gasteiger charge is -2.18. The van der Waals surface area contributed by atoms with Gasteiger partial charge in [-0.05, 0) is 30.0 Å². The monoisotopic (exact) mass is 318 g/mol. The molecule has 0 aliphatic carbocycles. The summed E-state index contributed by atoms with van der Waals surface area (Å²) in [4.78, 5) is 27.4. The van der Waals surface area contributed by atoms with E-state index in [1.165, 1.54) is 0 Å². The summed E-state index contributed by atoms with van der Waals surface area (Å²) in [5.74, 6) is -1.34. The lowest BCUT2D eigenvalue weighted by molar-refractivity contribution is 0.0701. The fraction of sp³-hybridized carbons (Fsp3) is 0.312. The van der Waals surface area contributed by atoms with E-state index >= 15 is 0 Å². The standard InChI is InChI=1S/C16H18N2O3S/c1-9-12(14(20)21)22-15(17-9)18-13(19)10-5-7-11(8-6-10)16(2,3)4/h5-8H,1-4H3,(H,20,21)(H,17,18,19). The molecular weight excluding hydrogens is 300 g/mol. The molecule has 0 fully saturated rings. The Kier molecular flexibility index (Phi) is 4.32. The Bertz CT molecular complexity index is 712. The van der Waals surface area contributed by atoms with Gasteiger partial charge in [-0.3, -0.25) is 10.1 Å². The van der Waals surface area contributed by atoms with E-state index in [1.807, 2.05) is 12.1 Å². The molecular formula is C16H18N2O3S. The largest absolute Gasteiger partial charge is 0.477 e. The van der Waals surface area contributed by atoms with E-state index < -0.39 is 5.97 Å². The van der Waals surface area contributed by atoms with Crippen LogP contribution in [0, 0.1) is 6.92 Å². The normalized spacial score (nSPS) is 11.3. The first kappa shape index (κ1) is 16.2. The van der Waals surface area contributed by atoms with Gasteiger partial charge in [0.2, 0.25) is 0 Å². The highest BCUT2D eigenvalue weighted by molar-refractivity contribution is 7.17. The highest BCUT2D eigenvalue weighted by Crippen LogP contribution is 2.24. The minimum Gasteiger partial charge on any atom is -0.477 e. The molecule has 0 aliphatic rings. The van der Waals surface area contributed by atoms with Gasteiger partial charge in [-0.25, -0.2) is 9.78 Å². The van der Waals surface area contributed by atoms with Crippen LogP contribution in [0.1, 0.15) is 52.1 Å². The van der Waals surface area contributed by atoms with Crippen molar-refractivity contribution in [3.8, 4) is 0 Å². The summed E-state index contributed by atoms with van der Waals surface area (Å²) in [6, 6.07) is 7.36. The zero-order valence-electron chi connectivity index (χ0n) is 12.9. The molecule has 1 heterocycles. The van der Waals surface area contributed by atoms with Gasteiger partial charge in [-0.15, -0.1) is 0 Å². The maximum Gasteiger partial charge on any atom is 0.347 e. The molecule has 0 radical (unpaired) electrons. The summed E-state index contributed by atoms with van der Waals surface area (Å²) >= 11 is 0.955. The molecule has 0 saturated heterocycles. The Morgan fingerprint density at radius 2 is 1.77 bits per heavy atom. The zero-order chi connectivity index (χ0) is 16.5. The maximum atomic E-state index is 12.2. The fourth-order valence-electron chi connectivity index (χ4n) is 1.94. The number of carbonyl (C=O) groups is 2. The fourth-order valence-corrected chi connectivity index (χ4v) is 2.74. The lowest BCUT2D eigenvalue weighted by atomic mass is 9.87. The van der Waals surface area contributed by atoms with Crippen molar-refractivity contribution in [2.45, 2.75) is 33.1 Å². The van der Waals surface area contributed by atoms with Crippen LogP contribution in [0.25, 0.3) is 0 Å². The molecule has 0 aliphatic heterocycles. The predicted octanol–water partition coefficient (Wildman–Crippen LogP) is 3.70. The van der Waals surface area contributed by atoms with Crippen molar-refractivity contribution < 1.29 is 14.7 Å². The molecule has 0 spiro atoms. The van der Waals surface area contributed by atoms with Crippen LogP contribution in [0.2, 0.25) is 0 Å². The number of aryl methyl sites for hydroxylation is 1. The number of carbonyl (C=O) groups excluding carboxylic acids is 1. The number of rotatable bonds is 3. The first-order valence-corrected chi connectivity index (χ1v) is 7.63. The minimum atomic E-state index is -1.04. The summed E-state index contributed by atoms with van der Waals surface area (Å²) in [6.07, 6.45) is 0. The third-order valence-electron chi connectivity index (χ3n) is 3.22. The van der Waals surface area contributed by atoms with Crippen LogP contribution < -0.4 is 5.32 Å². The molecule has 1 amide bonds. The van der Waals surface area contributed by atoms with Gasteiger partial charge in [0.05, 0.1) is 5.69 Å². The molecule has 0 saturated carbocycles. The molecule has 2 N–H and O–H groups in total. The second-order valence-corrected chi connectivity index (χ2v) is 7.02. The third kappa shape index (κ3) is 3.51. The van der Waals surface area contributed by atoms with Gasteiger partial charge >= 0.3 is 5.97 Å². The molecule has 2 aromatic rings. The second-order valence-electron chi connectivity index (χ2n) is 6.02. The van der Waals surface area contributed by atoms with Gasteiger partial charge in [-0.1, -0.05) is 44.2 Å². The number of anilines is 1. The summed E-state index contributed by atoms with van der Waals surface area (Å²) in [5.41, 5.74) is 2.08. The highest BCUT2D eigenvalue weighted by Gasteiger charge is 2.17. The number of aromatic carboxylic acids is 1. The van der Waals surface area contributed by atoms with E-state index in [0.717, 1.165) is 16.9 Å². The van der Waals surface area contributed by atoms with E-state index in [4.69, 9.17) is 5.11 Å².